The summed E-state index contributed by atoms with van der Waals surface area (Å²) in [6, 6.07) is 0. The van der Waals surface area contributed by atoms with Crippen LogP contribution >= 0.6 is 0 Å². The van der Waals surface area contributed by atoms with Crippen LogP contribution in [0.3, 0.4) is 0 Å². The third-order valence-electron chi connectivity index (χ3n) is 12.8. The summed E-state index contributed by atoms with van der Waals surface area (Å²) in [5.74, 6) is -0.892. The molecule has 1 atom stereocenters. The highest BCUT2D eigenvalue weighted by molar-refractivity contribution is 5.71. The molecule has 0 fully saturated rings. The number of allylic oxidation sites excluding steroid dienone is 16. The third kappa shape index (κ3) is 57.2. The summed E-state index contributed by atoms with van der Waals surface area (Å²) in [4.78, 5) is 38.1. The molecular weight excluding hydrogens is 889 g/mol. The normalized spacial score (nSPS) is 12.8. The van der Waals surface area contributed by atoms with Crippen molar-refractivity contribution < 1.29 is 28.6 Å². The highest BCUT2D eigenvalue weighted by Crippen LogP contribution is 2.15. The maximum absolute atomic E-state index is 12.8. The Balaban J connectivity index is 4.19. The molecule has 0 rings (SSSR count). The number of ether oxygens (including phenoxy) is 3. The SMILES string of the molecule is CC/C=C\C/C=C\C/C=C\C/C=C\C/C=C\C/C=C\C/C=C\CCCCCCCCCCCC(=O)OCC(COC(=O)CCCCCCCCCCCC)OC(=O)CCCCCCC/C=C\CCCCCC. The van der Waals surface area contributed by atoms with Crippen molar-refractivity contribution in [3.63, 3.8) is 0 Å². The lowest BCUT2D eigenvalue weighted by Crippen LogP contribution is -2.30. The highest BCUT2D eigenvalue weighted by Gasteiger charge is 2.19. The van der Waals surface area contributed by atoms with Crippen LogP contribution in [0, 0.1) is 0 Å². The predicted octanol–water partition coefficient (Wildman–Crippen LogP) is 20.5. The number of rotatable bonds is 54. The van der Waals surface area contributed by atoms with Crippen LogP contribution in [0.15, 0.2) is 97.2 Å². The van der Waals surface area contributed by atoms with Gasteiger partial charge in [-0.05, 0) is 103 Å². The third-order valence-corrected chi connectivity index (χ3v) is 12.8. The Morgan fingerprint density at radius 1 is 0.292 bits per heavy atom. The molecule has 0 N–H and O–H groups in total. The van der Waals surface area contributed by atoms with Gasteiger partial charge in [0.2, 0.25) is 0 Å². The van der Waals surface area contributed by atoms with Gasteiger partial charge in [0.1, 0.15) is 13.2 Å². The van der Waals surface area contributed by atoms with Gasteiger partial charge in [-0.1, -0.05) is 259 Å². The second kappa shape index (κ2) is 59.9. The predicted molar refractivity (Wildman–Crippen MR) is 311 cm³/mol. The lowest BCUT2D eigenvalue weighted by Gasteiger charge is -2.18. The molecular formula is C66H112O6. The average Bonchev–Trinajstić information content (AvgIpc) is 3.38. The summed E-state index contributed by atoms with van der Waals surface area (Å²) in [6.07, 6.45) is 79.8. The van der Waals surface area contributed by atoms with Crippen molar-refractivity contribution in [3.8, 4) is 0 Å². The molecule has 0 bridgehead atoms. The standard InChI is InChI=1S/C66H112O6/c1-4-7-10-13-16-19-22-24-25-26-27-28-29-30-31-32-33-34-35-36-37-38-39-40-41-43-44-47-50-53-56-59-65(68)71-62-63(61-70-64(67)58-55-52-49-46-21-18-15-12-9-6-3)72-66(69)60-57-54-51-48-45-42-23-20-17-14-11-8-5-2/h7,10,16,19-20,23-25,27-28,30-31,33-34,36-37,63H,4-6,8-9,11-15,17-18,21-22,26,29,32,35,38-62H2,1-3H3/b10-7-,19-16-,23-20-,25-24-,28-27-,31-30-,34-33-,37-36-. The van der Waals surface area contributed by atoms with E-state index in [9.17, 15) is 14.4 Å². The van der Waals surface area contributed by atoms with Crippen molar-refractivity contribution >= 4 is 17.9 Å². The summed E-state index contributed by atoms with van der Waals surface area (Å²) < 4.78 is 16.8. The van der Waals surface area contributed by atoms with Crippen molar-refractivity contribution in [2.75, 3.05) is 13.2 Å². The zero-order chi connectivity index (χ0) is 52.2. The molecule has 0 saturated heterocycles. The molecule has 0 aliphatic rings. The van der Waals surface area contributed by atoms with Crippen LogP contribution in [0.25, 0.3) is 0 Å². The summed E-state index contributed by atoms with van der Waals surface area (Å²) in [7, 11) is 0. The first-order chi connectivity index (χ1) is 35.5. The first-order valence-electron chi connectivity index (χ1n) is 30.2. The molecule has 6 nitrogen and oxygen atoms in total. The largest absolute Gasteiger partial charge is 0.462 e. The average molecular weight is 1000 g/mol. The van der Waals surface area contributed by atoms with Crippen LogP contribution < -0.4 is 0 Å². The van der Waals surface area contributed by atoms with Gasteiger partial charge >= 0.3 is 17.9 Å². The first-order valence-corrected chi connectivity index (χ1v) is 30.2. The Labute approximate surface area is 445 Å². The summed E-state index contributed by atoms with van der Waals surface area (Å²) >= 11 is 0. The number of hydrogen-bond donors (Lipinski definition) is 0. The summed E-state index contributed by atoms with van der Waals surface area (Å²) in [6.45, 7) is 6.49. The van der Waals surface area contributed by atoms with E-state index < -0.39 is 6.10 Å². The maximum atomic E-state index is 12.8. The van der Waals surface area contributed by atoms with Gasteiger partial charge in [-0.15, -0.1) is 0 Å². The molecule has 6 heteroatoms. The van der Waals surface area contributed by atoms with Crippen LogP contribution in [0.4, 0.5) is 0 Å². The van der Waals surface area contributed by atoms with Gasteiger partial charge in [0.15, 0.2) is 6.10 Å². The molecule has 0 spiro atoms. The lowest BCUT2D eigenvalue weighted by atomic mass is 10.1. The molecule has 1 unspecified atom stereocenters. The number of esters is 3. The molecule has 0 aliphatic carbocycles. The van der Waals surface area contributed by atoms with Crippen LogP contribution in [-0.2, 0) is 28.6 Å². The van der Waals surface area contributed by atoms with Crippen LogP contribution in [0.2, 0.25) is 0 Å². The minimum atomic E-state index is -0.781. The molecule has 0 aromatic carbocycles. The second-order valence-corrected chi connectivity index (χ2v) is 19.9. The minimum absolute atomic E-state index is 0.0799. The molecule has 0 amide bonds. The van der Waals surface area contributed by atoms with E-state index in [0.717, 1.165) is 122 Å². The minimum Gasteiger partial charge on any atom is -0.462 e. The lowest BCUT2D eigenvalue weighted by molar-refractivity contribution is -0.167. The number of carbonyl (C=O) groups is 3. The fourth-order valence-electron chi connectivity index (χ4n) is 8.30. The fourth-order valence-corrected chi connectivity index (χ4v) is 8.30. The van der Waals surface area contributed by atoms with E-state index in [4.69, 9.17) is 14.2 Å². The fraction of sp³-hybridized carbons (Fsp3) is 0.712. The molecule has 72 heavy (non-hydrogen) atoms. The van der Waals surface area contributed by atoms with E-state index >= 15 is 0 Å². The van der Waals surface area contributed by atoms with Gasteiger partial charge in [-0.3, -0.25) is 14.4 Å². The number of unbranched alkanes of at least 4 members (excludes halogenated alkanes) is 27. The van der Waals surface area contributed by atoms with Crippen LogP contribution in [0.1, 0.15) is 284 Å². The summed E-state index contributed by atoms with van der Waals surface area (Å²) in [5.41, 5.74) is 0. The van der Waals surface area contributed by atoms with Crippen molar-refractivity contribution in [1.82, 2.24) is 0 Å². The zero-order valence-corrected chi connectivity index (χ0v) is 47.2. The molecule has 0 saturated carbocycles. The van der Waals surface area contributed by atoms with Gasteiger partial charge in [0.05, 0.1) is 0 Å². The molecule has 0 radical (unpaired) electrons. The maximum Gasteiger partial charge on any atom is 0.306 e. The van der Waals surface area contributed by atoms with E-state index in [1.807, 2.05) is 0 Å². The van der Waals surface area contributed by atoms with Gasteiger partial charge in [-0.2, -0.15) is 0 Å². The van der Waals surface area contributed by atoms with E-state index in [-0.39, 0.29) is 31.1 Å². The Morgan fingerprint density at radius 2 is 0.542 bits per heavy atom. The van der Waals surface area contributed by atoms with Crippen molar-refractivity contribution in [1.29, 1.82) is 0 Å². The van der Waals surface area contributed by atoms with Crippen LogP contribution in [0.5, 0.6) is 0 Å². The molecule has 0 aliphatic heterocycles. The quantitative estimate of drug-likeness (QED) is 0.0261. The Morgan fingerprint density at radius 3 is 0.875 bits per heavy atom. The van der Waals surface area contributed by atoms with Gasteiger partial charge in [0, 0.05) is 19.3 Å². The van der Waals surface area contributed by atoms with E-state index in [2.05, 4.69) is 118 Å². The van der Waals surface area contributed by atoms with E-state index in [0.29, 0.717) is 19.3 Å². The van der Waals surface area contributed by atoms with Crippen LogP contribution in [-0.4, -0.2) is 37.2 Å². The van der Waals surface area contributed by atoms with Gasteiger partial charge < -0.3 is 14.2 Å². The highest BCUT2D eigenvalue weighted by atomic mass is 16.6. The van der Waals surface area contributed by atoms with Crippen molar-refractivity contribution in [3.05, 3.63) is 97.2 Å². The Bertz CT molecular complexity index is 1430. The monoisotopic (exact) mass is 1000 g/mol. The smallest absolute Gasteiger partial charge is 0.306 e. The second-order valence-electron chi connectivity index (χ2n) is 19.9. The number of carbonyl (C=O) groups excluding carboxylic acids is 3. The van der Waals surface area contributed by atoms with Gasteiger partial charge in [-0.25, -0.2) is 0 Å². The van der Waals surface area contributed by atoms with Crippen molar-refractivity contribution in [2.24, 2.45) is 0 Å². The zero-order valence-electron chi connectivity index (χ0n) is 47.2. The molecule has 0 aromatic heterocycles. The molecule has 412 valence electrons. The van der Waals surface area contributed by atoms with E-state index in [1.54, 1.807) is 0 Å². The Hall–Kier alpha value is -3.67. The first kappa shape index (κ1) is 68.3. The number of hydrogen-bond acceptors (Lipinski definition) is 6. The molecule has 0 heterocycles. The topological polar surface area (TPSA) is 78.9 Å². The van der Waals surface area contributed by atoms with Crippen molar-refractivity contribution in [2.45, 2.75) is 290 Å². The molecule has 0 aromatic rings. The van der Waals surface area contributed by atoms with Gasteiger partial charge in [0.25, 0.3) is 0 Å². The summed E-state index contributed by atoms with van der Waals surface area (Å²) in [5, 5.41) is 0. The Kier molecular flexibility index (Phi) is 56.8. The van der Waals surface area contributed by atoms with E-state index in [1.165, 1.54) is 122 Å².